The second-order valence-corrected chi connectivity index (χ2v) is 5.91. The maximum atomic E-state index is 6.07. The number of rotatable bonds is 5. The van der Waals surface area contributed by atoms with Crippen LogP contribution in [0.25, 0.3) is 0 Å². The highest BCUT2D eigenvalue weighted by Gasteiger charge is 2.34. The van der Waals surface area contributed by atoms with Crippen molar-refractivity contribution in [2.24, 2.45) is 5.92 Å². The molecule has 3 aliphatic heterocycles. The standard InChI is InChI=1S/C14H21ClN4O/c1-2-20-9-14-17-12(15)7-13(18-14)16-11-8-19-5-3-10(11)4-6-19/h7,10-11H,2-6,8-9H2,1H3,(H,16,17,18). The number of aromatic nitrogens is 2. The van der Waals surface area contributed by atoms with Gasteiger partial charge >= 0.3 is 0 Å². The van der Waals surface area contributed by atoms with Crippen LogP contribution in [0.2, 0.25) is 5.15 Å². The topological polar surface area (TPSA) is 50.3 Å². The van der Waals surface area contributed by atoms with Gasteiger partial charge in [-0.05, 0) is 38.8 Å². The molecule has 4 rings (SSSR count). The Morgan fingerprint density at radius 1 is 1.40 bits per heavy atom. The molecular weight excluding hydrogens is 276 g/mol. The number of fused-ring (bicyclic) bond motifs is 3. The first-order valence-electron chi connectivity index (χ1n) is 7.34. The van der Waals surface area contributed by atoms with E-state index in [4.69, 9.17) is 16.3 Å². The number of nitrogens with zero attached hydrogens (tertiary/aromatic N) is 3. The van der Waals surface area contributed by atoms with E-state index in [2.05, 4.69) is 20.2 Å². The number of piperidine rings is 3. The van der Waals surface area contributed by atoms with E-state index in [-0.39, 0.29) is 0 Å². The Balaban J connectivity index is 1.68. The summed E-state index contributed by atoms with van der Waals surface area (Å²) in [6, 6.07) is 2.28. The molecule has 1 atom stereocenters. The second kappa shape index (κ2) is 6.24. The van der Waals surface area contributed by atoms with E-state index < -0.39 is 0 Å². The first-order valence-corrected chi connectivity index (χ1v) is 7.72. The largest absolute Gasteiger partial charge is 0.374 e. The van der Waals surface area contributed by atoms with Crippen molar-refractivity contribution in [2.75, 3.05) is 31.6 Å². The predicted octanol–water partition coefficient (Wildman–Crippen LogP) is 2.17. The lowest BCUT2D eigenvalue weighted by atomic mass is 9.84. The molecule has 6 heteroatoms. The molecule has 3 saturated heterocycles. The lowest BCUT2D eigenvalue weighted by Crippen LogP contribution is -2.53. The molecular formula is C14H21ClN4O. The highest BCUT2D eigenvalue weighted by atomic mass is 35.5. The van der Waals surface area contributed by atoms with Crippen LogP contribution in [0.3, 0.4) is 0 Å². The molecule has 0 saturated carbocycles. The van der Waals surface area contributed by atoms with Crippen molar-refractivity contribution >= 4 is 17.4 Å². The average Bonchev–Trinajstić information content (AvgIpc) is 2.46. The number of hydrogen-bond donors (Lipinski definition) is 1. The second-order valence-electron chi connectivity index (χ2n) is 5.52. The Hall–Kier alpha value is -0.910. The Kier molecular flexibility index (Phi) is 4.38. The molecule has 20 heavy (non-hydrogen) atoms. The lowest BCUT2D eigenvalue weighted by molar-refractivity contribution is 0.0973. The van der Waals surface area contributed by atoms with Crippen molar-refractivity contribution in [3.05, 3.63) is 17.0 Å². The first-order chi connectivity index (χ1) is 9.74. The molecule has 1 unspecified atom stereocenters. The van der Waals surface area contributed by atoms with Gasteiger partial charge in [0.25, 0.3) is 0 Å². The van der Waals surface area contributed by atoms with Gasteiger partial charge in [0, 0.05) is 25.3 Å². The van der Waals surface area contributed by atoms with Crippen LogP contribution in [0.5, 0.6) is 0 Å². The zero-order chi connectivity index (χ0) is 13.9. The van der Waals surface area contributed by atoms with E-state index in [1.807, 2.05) is 6.92 Å². The third kappa shape index (κ3) is 3.22. The summed E-state index contributed by atoms with van der Waals surface area (Å²) in [6.45, 7) is 6.60. The van der Waals surface area contributed by atoms with Gasteiger partial charge in [-0.15, -0.1) is 0 Å². The summed E-state index contributed by atoms with van der Waals surface area (Å²) in [5, 5.41) is 4.01. The number of nitrogens with one attached hydrogen (secondary N) is 1. The minimum atomic E-state index is 0.409. The zero-order valence-corrected chi connectivity index (χ0v) is 12.6. The van der Waals surface area contributed by atoms with Crippen LogP contribution in [0, 0.1) is 5.92 Å². The quantitative estimate of drug-likeness (QED) is 0.844. The van der Waals surface area contributed by atoms with Crippen molar-refractivity contribution in [1.82, 2.24) is 14.9 Å². The fourth-order valence-electron chi connectivity index (χ4n) is 3.12. The highest BCUT2D eigenvalue weighted by molar-refractivity contribution is 6.29. The minimum Gasteiger partial charge on any atom is -0.374 e. The molecule has 0 spiro atoms. The van der Waals surface area contributed by atoms with Crippen molar-refractivity contribution in [3.63, 3.8) is 0 Å². The van der Waals surface area contributed by atoms with Crippen LogP contribution in [0.1, 0.15) is 25.6 Å². The molecule has 0 amide bonds. The van der Waals surface area contributed by atoms with E-state index in [1.54, 1.807) is 6.07 Å². The number of ether oxygens (including phenoxy) is 1. The molecule has 1 N–H and O–H groups in total. The molecule has 3 fully saturated rings. The van der Waals surface area contributed by atoms with Crippen molar-refractivity contribution in [2.45, 2.75) is 32.4 Å². The molecule has 3 aliphatic rings. The SMILES string of the molecule is CCOCc1nc(Cl)cc(NC2CN3CCC2CC3)n1. The number of anilines is 1. The predicted molar refractivity (Wildman–Crippen MR) is 78.9 cm³/mol. The minimum absolute atomic E-state index is 0.409. The summed E-state index contributed by atoms with van der Waals surface area (Å²) in [5.41, 5.74) is 0. The Morgan fingerprint density at radius 3 is 2.85 bits per heavy atom. The molecule has 2 bridgehead atoms. The molecule has 0 aromatic carbocycles. The molecule has 110 valence electrons. The van der Waals surface area contributed by atoms with Crippen molar-refractivity contribution in [1.29, 1.82) is 0 Å². The monoisotopic (exact) mass is 296 g/mol. The first kappa shape index (κ1) is 14.0. The zero-order valence-electron chi connectivity index (χ0n) is 11.8. The molecule has 4 heterocycles. The van der Waals surface area contributed by atoms with Gasteiger partial charge in [-0.2, -0.15) is 0 Å². The number of halogens is 1. The molecule has 5 nitrogen and oxygen atoms in total. The summed E-state index contributed by atoms with van der Waals surface area (Å²) in [7, 11) is 0. The van der Waals surface area contributed by atoms with Crippen molar-refractivity contribution in [3.8, 4) is 0 Å². The van der Waals surface area contributed by atoms with Gasteiger partial charge in [0.1, 0.15) is 17.6 Å². The van der Waals surface area contributed by atoms with Crippen LogP contribution in [0.15, 0.2) is 6.07 Å². The van der Waals surface area contributed by atoms with Crippen molar-refractivity contribution < 1.29 is 4.74 Å². The van der Waals surface area contributed by atoms with E-state index in [9.17, 15) is 0 Å². The van der Waals surface area contributed by atoms with Crippen LogP contribution in [-0.4, -0.2) is 47.2 Å². The van der Waals surface area contributed by atoms with Gasteiger partial charge in [-0.25, -0.2) is 9.97 Å². The van der Waals surface area contributed by atoms with Gasteiger partial charge < -0.3 is 15.0 Å². The maximum Gasteiger partial charge on any atom is 0.158 e. The fraction of sp³-hybridized carbons (Fsp3) is 0.714. The van der Waals surface area contributed by atoms with Crippen LogP contribution in [0.4, 0.5) is 5.82 Å². The molecule has 0 radical (unpaired) electrons. The van der Waals surface area contributed by atoms with Gasteiger partial charge in [0.05, 0.1) is 0 Å². The van der Waals surface area contributed by atoms with Crippen LogP contribution in [-0.2, 0) is 11.3 Å². The number of hydrogen-bond acceptors (Lipinski definition) is 5. The maximum absolute atomic E-state index is 6.07. The van der Waals surface area contributed by atoms with E-state index in [1.165, 1.54) is 25.9 Å². The Labute approximate surface area is 124 Å². The Bertz CT molecular complexity index is 462. The van der Waals surface area contributed by atoms with Crippen LogP contribution >= 0.6 is 11.6 Å². The van der Waals surface area contributed by atoms with Crippen LogP contribution < -0.4 is 5.32 Å². The third-order valence-electron chi connectivity index (χ3n) is 4.17. The summed E-state index contributed by atoms with van der Waals surface area (Å²) in [6.07, 6.45) is 2.56. The van der Waals surface area contributed by atoms with E-state index >= 15 is 0 Å². The summed E-state index contributed by atoms with van der Waals surface area (Å²) in [5.74, 6) is 2.21. The summed E-state index contributed by atoms with van der Waals surface area (Å²) in [4.78, 5) is 11.2. The van der Waals surface area contributed by atoms with Gasteiger partial charge in [0.15, 0.2) is 5.82 Å². The molecule has 1 aromatic heterocycles. The third-order valence-corrected chi connectivity index (χ3v) is 4.36. The molecule has 0 aliphatic carbocycles. The van der Waals surface area contributed by atoms with E-state index in [0.29, 0.717) is 30.2 Å². The van der Waals surface area contributed by atoms with Gasteiger partial charge in [-0.1, -0.05) is 11.6 Å². The smallest absolute Gasteiger partial charge is 0.158 e. The average molecular weight is 297 g/mol. The van der Waals surface area contributed by atoms with E-state index in [0.717, 1.165) is 18.3 Å². The lowest BCUT2D eigenvalue weighted by Gasteiger charge is -2.45. The summed E-state index contributed by atoms with van der Waals surface area (Å²) >= 11 is 6.07. The fourth-order valence-corrected chi connectivity index (χ4v) is 3.32. The summed E-state index contributed by atoms with van der Waals surface area (Å²) < 4.78 is 5.35. The van der Waals surface area contributed by atoms with Gasteiger partial charge in [-0.3, -0.25) is 0 Å². The highest BCUT2D eigenvalue weighted by Crippen LogP contribution is 2.29. The Morgan fingerprint density at radius 2 is 2.20 bits per heavy atom. The molecule has 1 aromatic rings. The normalized spacial score (nSPS) is 28.6. The van der Waals surface area contributed by atoms with Gasteiger partial charge in [0.2, 0.25) is 0 Å².